The van der Waals surface area contributed by atoms with Gasteiger partial charge in [-0.1, -0.05) is 44.5 Å². The van der Waals surface area contributed by atoms with Gasteiger partial charge in [-0.15, -0.1) is 0 Å². The number of hydrogen-bond donors (Lipinski definition) is 1. The maximum absolute atomic E-state index is 12.1. The summed E-state index contributed by atoms with van der Waals surface area (Å²) in [4.78, 5) is 12.1. The SMILES string of the molecule is CCCCNC(=O)OC(C)(CC)c1ccc(B2OC(C)(C)C(C)(C)O2)cc1. The van der Waals surface area contributed by atoms with Crippen LogP contribution in [0.4, 0.5) is 4.79 Å². The van der Waals surface area contributed by atoms with Crippen LogP contribution in [-0.4, -0.2) is 31.0 Å². The van der Waals surface area contributed by atoms with E-state index in [1.165, 1.54) is 0 Å². The van der Waals surface area contributed by atoms with Gasteiger partial charge >= 0.3 is 13.2 Å². The molecule has 2 rings (SSSR count). The van der Waals surface area contributed by atoms with E-state index in [2.05, 4.69) is 12.2 Å². The van der Waals surface area contributed by atoms with Gasteiger partial charge in [-0.05, 0) is 58.5 Å². The molecule has 0 saturated carbocycles. The lowest BCUT2D eigenvalue weighted by molar-refractivity contribution is 0.00578. The summed E-state index contributed by atoms with van der Waals surface area (Å²) in [6, 6.07) is 7.96. The molecule has 1 saturated heterocycles. The van der Waals surface area contributed by atoms with E-state index >= 15 is 0 Å². The highest BCUT2D eigenvalue weighted by molar-refractivity contribution is 6.62. The van der Waals surface area contributed by atoms with Crippen molar-refractivity contribution < 1.29 is 18.8 Å². The molecular weight excluding hydrogens is 341 g/mol. The fourth-order valence-electron chi connectivity index (χ4n) is 2.92. The average molecular weight is 375 g/mol. The molecule has 5 nitrogen and oxygen atoms in total. The molecule has 1 unspecified atom stereocenters. The maximum atomic E-state index is 12.1. The van der Waals surface area contributed by atoms with E-state index in [0.29, 0.717) is 13.0 Å². The fraction of sp³-hybridized carbons (Fsp3) is 0.667. The Morgan fingerprint density at radius 1 is 1.11 bits per heavy atom. The molecule has 150 valence electrons. The quantitative estimate of drug-likeness (QED) is 0.575. The van der Waals surface area contributed by atoms with Crippen molar-refractivity contribution >= 4 is 18.7 Å². The van der Waals surface area contributed by atoms with Gasteiger partial charge in [0.1, 0.15) is 5.60 Å². The molecule has 1 N–H and O–H groups in total. The maximum Gasteiger partial charge on any atom is 0.494 e. The van der Waals surface area contributed by atoms with E-state index in [9.17, 15) is 4.79 Å². The summed E-state index contributed by atoms with van der Waals surface area (Å²) in [5.74, 6) is 0. The van der Waals surface area contributed by atoms with Crippen molar-refractivity contribution in [3.63, 3.8) is 0 Å². The molecule has 1 heterocycles. The zero-order valence-corrected chi connectivity index (χ0v) is 17.8. The molecule has 6 heteroatoms. The van der Waals surface area contributed by atoms with Crippen LogP contribution >= 0.6 is 0 Å². The lowest BCUT2D eigenvalue weighted by Gasteiger charge is -2.32. The second kappa shape index (κ2) is 8.23. The Morgan fingerprint density at radius 3 is 2.15 bits per heavy atom. The van der Waals surface area contributed by atoms with E-state index in [4.69, 9.17) is 14.0 Å². The lowest BCUT2D eigenvalue weighted by atomic mass is 9.78. The van der Waals surface area contributed by atoms with Crippen molar-refractivity contribution in [1.82, 2.24) is 5.32 Å². The van der Waals surface area contributed by atoms with Crippen LogP contribution in [0.25, 0.3) is 0 Å². The van der Waals surface area contributed by atoms with Crippen LogP contribution in [0, 0.1) is 0 Å². The van der Waals surface area contributed by atoms with Gasteiger partial charge in [-0.25, -0.2) is 4.79 Å². The topological polar surface area (TPSA) is 56.8 Å². The predicted molar refractivity (Wildman–Crippen MR) is 109 cm³/mol. The minimum atomic E-state index is -0.676. The van der Waals surface area contributed by atoms with Crippen LogP contribution in [0.5, 0.6) is 0 Å². The Hall–Kier alpha value is -1.53. The molecule has 1 aromatic rings. The highest BCUT2D eigenvalue weighted by atomic mass is 16.7. The van der Waals surface area contributed by atoms with E-state index in [0.717, 1.165) is 23.9 Å². The van der Waals surface area contributed by atoms with E-state index in [1.807, 2.05) is 65.8 Å². The summed E-state index contributed by atoms with van der Waals surface area (Å²) in [5.41, 5.74) is 0.506. The third-order valence-corrected chi connectivity index (χ3v) is 5.84. The Kier molecular flexibility index (Phi) is 6.64. The average Bonchev–Trinajstić information content (AvgIpc) is 2.83. The van der Waals surface area contributed by atoms with Crippen molar-refractivity contribution in [1.29, 1.82) is 0 Å². The number of amides is 1. The first-order valence-electron chi connectivity index (χ1n) is 9.97. The summed E-state index contributed by atoms with van der Waals surface area (Å²) >= 11 is 0. The monoisotopic (exact) mass is 375 g/mol. The summed E-state index contributed by atoms with van der Waals surface area (Å²) in [7, 11) is -0.393. The first kappa shape index (κ1) is 21.8. The van der Waals surface area contributed by atoms with Gasteiger partial charge < -0.3 is 19.4 Å². The summed E-state index contributed by atoms with van der Waals surface area (Å²) in [6.45, 7) is 14.8. The summed E-state index contributed by atoms with van der Waals surface area (Å²) in [5, 5.41) is 2.82. The molecule has 0 radical (unpaired) electrons. The Morgan fingerprint density at radius 2 is 1.67 bits per heavy atom. The van der Waals surface area contributed by atoms with Gasteiger partial charge in [-0.3, -0.25) is 0 Å². The van der Waals surface area contributed by atoms with Gasteiger partial charge in [0, 0.05) is 6.54 Å². The van der Waals surface area contributed by atoms with E-state index in [-0.39, 0.29) is 17.3 Å². The summed E-state index contributed by atoms with van der Waals surface area (Å²) in [6.07, 6.45) is 2.29. The van der Waals surface area contributed by atoms with Crippen LogP contribution in [0.2, 0.25) is 0 Å². The van der Waals surface area contributed by atoms with E-state index < -0.39 is 12.7 Å². The molecule has 27 heavy (non-hydrogen) atoms. The number of ether oxygens (including phenoxy) is 1. The zero-order valence-electron chi connectivity index (χ0n) is 17.8. The zero-order chi connectivity index (χ0) is 20.3. The Balaban J connectivity index is 2.09. The van der Waals surface area contributed by atoms with Gasteiger partial charge in [0.05, 0.1) is 11.2 Å². The molecule has 0 bridgehead atoms. The third-order valence-electron chi connectivity index (χ3n) is 5.84. The number of rotatable bonds is 7. The standard InChI is InChI=1S/C21H34BNO4/c1-8-10-15-23-18(24)25-21(7,9-2)16-11-13-17(14-12-16)22-26-19(3,4)20(5,6)27-22/h11-14H,8-10,15H2,1-7H3,(H,23,24). The number of nitrogens with one attached hydrogen (secondary N) is 1. The van der Waals surface area contributed by atoms with Crippen molar-refractivity contribution in [2.75, 3.05) is 6.54 Å². The number of carbonyl (C=O) groups excluding carboxylic acids is 1. The second-order valence-electron chi connectivity index (χ2n) is 8.46. The minimum Gasteiger partial charge on any atom is -0.438 e. The molecule has 0 aliphatic carbocycles. The van der Waals surface area contributed by atoms with E-state index in [1.54, 1.807) is 0 Å². The first-order valence-corrected chi connectivity index (χ1v) is 9.97. The predicted octanol–water partition coefficient (Wildman–Crippen LogP) is 4.14. The first-order chi connectivity index (χ1) is 12.5. The number of carbonyl (C=O) groups is 1. The molecule has 0 aromatic heterocycles. The van der Waals surface area contributed by atoms with Crippen LogP contribution < -0.4 is 10.8 Å². The van der Waals surface area contributed by atoms with Crippen LogP contribution in [0.1, 0.15) is 73.3 Å². The van der Waals surface area contributed by atoms with Crippen LogP contribution in [0.15, 0.2) is 24.3 Å². The van der Waals surface area contributed by atoms with Crippen molar-refractivity contribution in [3.05, 3.63) is 29.8 Å². The largest absolute Gasteiger partial charge is 0.494 e. The number of alkyl carbamates (subject to hydrolysis) is 1. The van der Waals surface area contributed by atoms with Gasteiger partial charge in [0.25, 0.3) is 0 Å². The second-order valence-corrected chi connectivity index (χ2v) is 8.46. The van der Waals surface area contributed by atoms with Crippen LogP contribution in [-0.2, 0) is 19.6 Å². The molecule has 1 atom stereocenters. The molecule has 1 amide bonds. The minimum absolute atomic E-state index is 0.367. The highest BCUT2D eigenvalue weighted by Crippen LogP contribution is 2.36. The lowest BCUT2D eigenvalue weighted by Crippen LogP contribution is -2.41. The van der Waals surface area contributed by atoms with Crippen molar-refractivity contribution in [2.45, 2.75) is 84.5 Å². The van der Waals surface area contributed by atoms with Gasteiger partial charge in [0.2, 0.25) is 0 Å². The fourth-order valence-corrected chi connectivity index (χ4v) is 2.92. The Bertz CT molecular complexity index is 628. The smallest absolute Gasteiger partial charge is 0.438 e. The normalized spacial score (nSPS) is 20.2. The van der Waals surface area contributed by atoms with Crippen LogP contribution in [0.3, 0.4) is 0 Å². The number of hydrogen-bond acceptors (Lipinski definition) is 4. The number of benzene rings is 1. The van der Waals surface area contributed by atoms with Gasteiger partial charge in [-0.2, -0.15) is 0 Å². The molecule has 1 aliphatic rings. The Labute approximate surface area is 164 Å². The molecule has 0 spiro atoms. The molecule has 1 fully saturated rings. The molecule has 1 aromatic carbocycles. The molecular formula is C21H34BNO4. The molecule has 1 aliphatic heterocycles. The highest BCUT2D eigenvalue weighted by Gasteiger charge is 2.51. The van der Waals surface area contributed by atoms with Crippen molar-refractivity contribution in [2.24, 2.45) is 0 Å². The number of unbranched alkanes of at least 4 members (excludes halogenated alkanes) is 1. The van der Waals surface area contributed by atoms with Crippen molar-refractivity contribution in [3.8, 4) is 0 Å². The third kappa shape index (κ3) is 4.85. The summed E-state index contributed by atoms with van der Waals surface area (Å²) < 4.78 is 17.9. The van der Waals surface area contributed by atoms with Gasteiger partial charge in [0.15, 0.2) is 0 Å².